The zero-order valence-corrected chi connectivity index (χ0v) is 13.5. The molecule has 1 heterocycles. The van der Waals surface area contributed by atoms with Gasteiger partial charge >= 0.3 is 0 Å². The number of para-hydroxylation sites is 1. The summed E-state index contributed by atoms with van der Waals surface area (Å²) in [6, 6.07) is 15.5. The van der Waals surface area contributed by atoms with Crippen molar-refractivity contribution in [3.63, 3.8) is 0 Å². The van der Waals surface area contributed by atoms with Gasteiger partial charge < -0.3 is 0 Å². The maximum absolute atomic E-state index is 12.3. The van der Waals surface area contributed by atoms with E-state index in [9.17, 15) is 14.9 Å². The van der Waals surface area contributed by atoms with E-state index in [1.807, 2.05) is 37.3 Å². The third-order valence-corrected chi connectivity index (χ3v) is 4.30. The molecule has 0 aliphatic rings. The molecule has 120 valence electrons. The first-order chi connectivity index (χ1) is 11.6. The fourth-order valence-electron chi connectivity index (χ4n) is 2.30. The Hall–Kier alpha value is -3.06. The summed E-state index contributed by atoms with van der Waals surface area (Å²) in [5.74, 6) is -0.546. The average molecular weight is 339 g/mol. The largest absolute Gasteiger partial charge is 0.298 e. The van der Waals surface area contributed by atoms with Gasteiger partial charge in [-0.3, -0.25) is 20.2 Å². The Labute approximate surface area is 141 Å². The number of aromatic nitrogens is 1. The number of nitrogens with one attached hydrogen (secondary N) is 1. The van der Waals surface area contributed by atoms with Crippen molar-refractivity contribution in [2.45, 2.75) is 6.92 Å². The van der Waals surface area contributed by atoms with Gasteiger partial charge in [0, 0.05) is 16.5 Å². The number of nitro benzene ring substituents is 1. The Morgan fingerprint density at radius 2 is 1.79 bits per heavy atom. The first-order valence-corrected chi connectivity index (χ1v) is 7.95. The highest BCUT2D eigenvalue weighted by Gasteiger charge is 2.20. The highest BCUT2D eigenvalue weighted by atomic mass is 32.1. The molecule has 0 radical (unpaired) electrons. The molecule has 0 saturated carbocycles. The van der Waals surface area contributed by atoms with Crippen molar-refractivity contribution >= 4 is 28.1 Å². The molecule has 3 rings (SSSR count). The van der Waals surface area contributed by atoms with E-state index in [1.165, 1.54) is 29.5 Å². The van der Waals surface area contributed by atoms with E-state index in [-0.39, 0.29) is 11.3 Å². The van der Waals surface area contributed by atoms with E-state index in [1.54, 1.807) is 6.07 Å². The number of anilines is 1. The van der Waals surface area contributed by atoms with Gasteiger partial charge in [-0.2, -0.15) is 0 Å². The molecule has 0 unspecified atom stereocenters. The average Bonchev–Trinajstić information content (AvgIpc) is 2.96. The van der Waals surface area contributed by atoms with Crippen molar-refractivity contribution in [2.75, 3.05) is 5.32 Å². The minimum absolute atomic E-state index is 0.0108. The summed E-state index contributed by atoms with van der Waals surface area (Å²) in [5.41, 5.74) is 1.53. The summed E-state index contributed by atoms with van der Waals surface area (Å²) < 4.78 is 0. The molecule has 3 aromatic rings. The van der Waals surface area contributed by atoms with Gasteiger partial charge in [-0.15, -0.1) is 11.3 Å². The van der Waals surface area contributed by atoms with Gasteiger partial charge in [0.2, 0.25) is 0 Å². The minimum Gasteiger partial charge on any atom is -0.298 e. The topological polar surface area (TPSA) is 85.1 Å². The van der Waals surface area contributed by atoms with Gasteiger partial charge in [0.25, 0.3) is 11.6 Å². The molecule has 24 heavy (non-hydrogen) atoms. The molecule has 0 fully saturated rings. The van der Waals surface area contributed by atoms with Crippen LogP contribution in [-0.2, 0) is 0 Å². The molecule has 0 bridgehead atoms. The van der Waals surface area contributed by atoms with Crippen LogP contribution in [0.15, 0.2) is 54.6 Å². The summed E-state index contributed by atoms with van der Waals surface area (Å²) in [7, 11) is 0. The molecule has 0 atom stereocenters. The lowest BCUT2D eigenvalue weighted by atomic mass is 10.1. The van der Waals surface area contributed by atoms with Gasteiger partial charge in [-0.25, -0.2) is 4.98 Å². The van der Waals surface area contributed by atoms with Gasteiger partial charge in [0.15, 0.2) is 5.13 Å². The number of nitrogens with zero attached hydrogens (tertiary/aromatic N) is 2. The normalized spacial score (nSPS) is 10.4. The molecule has 1 amide bonds. The number of amides is 1. The fourth-order valence-corrected chi connectivity index (χ4v) is 3.13. The van der Waals surface area contributed by atoms with Crippen LogP contribution in [0.3, 0.4) is 0 Å². The molecular formula is C17H13N3O3S. The van der Waals surface area contributed by atoms with Gasteiger partial charge in [-0.05, 0) is 13.0 Å². The maximum Gasteiger partial charge on any atom is 0.282 e. The molecular weight excluding hydrogens is 326 g/mol. The number of carbonyl (C=O) groups excluding carboxylic acids is 1. The number of thiazole rings is 1. The quantitative estimate of drug-likeness (QED) is 0.568. The van der Waals surface area contributed by atoms with Crippen LogP contribution >= 0.6 is 11.3 Å². The number of carbonyl (C=O) groups is 1. The SMILES string of the molecule is Cc1sc(NC(=O)c2ccccc2[N+](=O)[O-])nc1-c1ccccc1. The van der Waals surface area contributed by atoms with Crippen molar-refractivity contribution in [3.05, 3.63) is 75.2 Å². The molecule has 0 saturated heterocycles. The fraction of sp³-hybridized carbons (Fsp3) is 0.0588. The molecule has 1 aromatic heterocycles. The Morgan fingerprint density at radius 1 is 1.12 bits per heavy atom. The Bertz CT molecular complexity index is 906. The lowest BCUT2D eigenvalue weighted by molar-refractivity contribution is -0.385. The zero-order chi connectivity index (χ0) is 17.1. The lowest BCUT2D eigenvalue weighted by Gasteiger charge is -2.02. The molecule has 6 nitrogen and oxygen atoms in total. The second-order valence-corrected chi connectivity index (χ2v) is 6.22. The van der Waals surface area contributed by atoms with E-state index >= 15 is 0 Å². The van der Waals surface area contributed by atoms with Crippen LogP contribution in [0, 0.1) is 17.0 Å². The summed E-state index contributed by atoms with van der Waals surface area (Å²) >= 11 is 1.33. The molecule has 1 N–H and O–H groups in total. The second-order valence-electron chi connectivity index (χ2n) is 5.02. The maximum atomic E-state index is 12.3. The number of aryl methyl sites for hydroxylation is 1. The van der Waals surface area contributed by atoms with Crippen molar-refractivity contribution in [3.8, 4) is 11.3 Å². The van der Waals surface area contributed by atoms with E-state index in [0.717, 1.165) is 16.1 Å². The standard InChI is InChI=1S/C17H13N3O3S/c1-11-15(12-7-3-2-4-8-12)18-17(24-11)19-16(21)13-9-5-6-10-14(13)20(22)23/h2-10H,1H3,(H,18,19,21). The monoisotopic (exact) mass is 339 g/mol. The van der Waals surface area contributed by atoms with E-state index in [4.69, 9.17) is 0 Å². The first-order valence-electron chi connectivity index (χ1n) is 7.14. The van der Waals surface area contributed by atoms with Crippen molar-refractivity contribution < 1.29 is 9.72 Å². The van der Waals surface area contributed by atoms with Gasteiger partial charge in [-0.1, -0.05) is 42.5 Å². The van der Waals surface area contributed by atoms with Crippen LogP contribution in [0.4, 0.5) is 10.8 Å². The Morgan fingerprint density at radius 3 is 2.50 bits per heavy atom. The minimum atomic E-state index is -0.572. The number of hydrogen-bond acceptors (Lipinski definition) is 5. The summed E-state index contributed by atoms with van der Waals surface area (Å²) in [6.07, 6.45) is 0. The van der Waals surface area contributed by atoms with Crippen LogP contribution in [-0.4, -0.2) is 15.8 Å². The second kappa shape index (κ2) is 6.59. The Balaban J connectivity index is 1.88. The van der Waals surface area contributed by atoms with E-state index < -0.39 is 10.8 Å². The van der Waals surface area contributed by atoms with Crippen LogP contribution in [0.25, 0.3) is 11.3 Å². The lowest BCUT2D eigenvalue weighted by Crippen LogP contribution is -2.13. The van der Waals surface area contributed by atoms with Gasteiger partial charge in [0.1, 0.15) is 5.56 Å². The number of nitro groups is 1. The third kappa shape index (κ3) is 3.16. The van der Waals surface area contributed by atoms with Crippen LogP contribution in [0.1, 0.15) is 15.2 Å². The highest BCUT2D eigenvalue weighted by molar-refractivity contribution is 7.16. The molecule has 0 spiro atoms. The predicted octanol–water partition coefficient (Wildman–Crippen LogP) is 4.28. The van der Waals surface area contributed by atoms with Crippen LogP contribution in [0.2, 0.25) is 0 Å². The smallest absolute Gasteiger partial charge is 0.282 e. The molecule has 0 aliphatic carbocycles. The number of benzene rings is 2. The third-order valence-electron chi connectivity index (χ3n) is 3.41. The van der Waals surface area contributed by atoms with Crippen LogP contribution < -0.4 is 5.32 Å². The summed E-state index contributed by atoms with van der Waals surface area (Å²) in [5, 5.41) is 14.1. The van der Waals surface area contributed by atoms with Crippen molar-refractivity contribution in [1.82, 2.24) is 4.98 Å². The molecule has 2 aromatic carbocycles. The summed E-state index contributed by atoms with van der Waals surface area (Å²) in [4.78, 5) is 28.2. The zero-order valence-electron chi connectivity index (χ0n) is 12.7. The van der Waals surface area contributed by atoms with Crippen molar-refractivity contribution in [1.29, 1.82) is 0 Å². The molecule has 0 aliphatic heterocycles. The van der Waals surface area contributed by atoms with E-state index in [0.29, 0.717) is 5.13 Å². The van der Waals surface area contributed by atoms with Gasteiger partial charge in [0.05, 0.1) is 10.6 Å². The summed E-state index contributed by atoms with van der Waals surface area (Å²) in [6.45, 7) is 1.92. The highest BCUT2D eigenvalue weighted by Crippen LogP contribution is 2.30. The Kier molecular flexibility index (Phi) is 4.35. The number of rotatable bonds is 4. The van der Waals surface area contributed by atoms with Crippen LogP contribution in [0.5, 0.6) is 0 Å². The number of hydrogen-bond donors (Lipinski definition) is 1. The van der Waals surface area contributed by atoms with Crippen molar-refractivity contribution in [2.24, 2.45) is 0 Å². The predicted molar refractivity (Wildman–Crippen MR) is 93.3 cm³/mol. The van der Waals surface area contributed by atoms with E-state index in [2.05, 4.69) is 10.3 Å². The first kappa shape index (κ1) is 15.8. The molecule has 7 heteroatoms.